The Bertz CT molecular complexity index is 810. The van der Waals surface area contributed by atoms with Crippen molar-refractivity contribution in [1.82, 2.24) is 15.2 Å². The molecule has 0 spiro atoms. The molecular weight excluding hydrogens is 296 g/mol. The Balaban J connectivity index is 1.66. The molecular formula is C20H22N4. The summed E-state index contributed by atoms with van der Waals surface area (Å²) in [4.78, 5) is 4.08. The van der Waals surface area contributed by atoms with E-state index >= 15 is 0 Å². The number of rotatable bonds is 4. The van der Waals surface area contributed by atoms with E-state index in [0.29, 0.717) is 6.04 Å². The van der Waals surface area contributed by atoms with Crippen LogP contribution >= 0.6 is 0 Å². The number of nitrogens with zero attached hydrogens (tertiary/aromatic N) is 3. The van der Waals surface area contributed by atoms with Gasteiger partial charge in [0.05, 0.1) is 5.69 Å². The highest BCUT2D eigenvalue weighted by atomic mass is 15.2. The SMILES string of the molecule is c1ccc2c(NC3CCCCC3)nnc(Cc3ccncc3)c2c1. The molecule has 0 aliphatic heterocycles. The first-order chi connectivity index (χ1) is 11.9. The van der Waals surface area contributed by atoms with Crippen LogP contribution in [-0.2, 0) is 6.42 Å². The zero-order chi connectivity index (χ0) is 16.2. The molecule has 0 radical (unpaired) electrons. The summed E-state index contributed by atoms with van der Waals surface area (Å²) < 4.78 is 0. The van der Waals surface area contributed by atoms with Crippen LogP contribution in [0.3, 0.4) is 0 Å². The lowest BCUT2D eigenvalue weighted by atomic mass is 9.95. The smallest absolute Gasteiger partial charge is 0.156 e. The van der Waals surface area contributed by atoms with Crippen LogP contribution in [0.15, 0.2) is 48.8 Å². The van der Waals surface area contributed by atoms with E-state index in [4.69, 9.17) is 0 Å². The summed E-state index contributed by atoms with van der Waals surface area (Å²) in [7, 11) is 0. The lowest BCUT2D eigenvalue weighted by molar-refractivity contribution is 0.462. The zero-order valence-electron chi connectivity index (χ0n) is 13.8. The molecule has 0 unspecified atom stereocenters. The minimum absolute atomic E-state index is 0.530. The molecule has 4 heteroatoms. The zero-order valence-corrected chi connectivity index (χ0v) is 13.8. The molecule has 1 saturated carbocycles. The third kappa shape index (κ3) is 3.23. The molecule has 4 rings (SSSR count). The van der Waals surface area contributed by atoms with E-state index in [1.807, 2.05) is 24.5 Å². The Morgan fingerprint density at radius 3 is 2.42 bits per heavy atom. The molecule has 0 bridgehead atoms. The Hall–Kier alpha value is -2.49. The number of fused-ring (bicyclic) bond motifs is 1. The van der Waals surface area contributed by atoms with Gasteiger partial charge in [0.1, 0.15) is 0 Å². The van der Waals surface area contributed by atoms with Crippen LogP contribution in [0.5, 0.6) is 0 Å². The highest BCUT2D eigenvalue weighted by Gasteiger charge is 2.16. The highest BCUT2D eigenvalue weighted by Crippen LogP contribution is 2.27. The van der Waals surface area contributed by atoms with E-state index in [0.717, 1.165) is 17.9 Å². The predicted molar refractivity (Wildman–Crippen MR) is 97.1 cm³/mol. The molecule has 0 atom stereocenters. The molecule has 1 aliphatic rings. The summed E-state index contributed by atoms with van der Waals surface area (Å²) >= 11 is 0. The van der Waals surface area contributed by atoms with Crippen LogP contribution in [0.2, 0.25) is 0 Å². The second-order valence-electron chi connectivity index (χ2n) is 6.55. The number of hydrogen-bond donors (Lipinski definition) is 1. The fourth-order valence-corrected chi connectivity index (χ4v) is 3.53. The quantitative estimate of drug-likeness (QED) is 0.776. The first-order valence-corrected chi connectivity index (χ1v) is 8.80. The second kappa shape index (κ2) is 6.95. The highest BCUT2D eigenvalue weighted by molar-refractivity contribution is 5.93. The minimum atomic E-state index is 0.530. The molecule has 24 heavy (non-hydrogen) atoms. The van der Waals surface area contributed by atoms with E-state index in [2.05, 4.69) is 44.8 Å². The van der Waals surface area contributed by atoms with Gasteiger partial charge in [0.15, 0.2) is 5.82 Å². The molecule has 1 N–H and O–H groups in total. The monoisotopic (exact) mass is 318 g/mol. The van der Waals surface area contributed by atoms with Crippen LogP contribution in [-0.4, -0.2) is 21.2 Å². The molecule has 122 valence electrons. The van der Waals surface area contributed by atoms with E-state index in [9.17, 15) is 0 Å². The standard InChI is InChI=1S/C20H22N4/c1-2-6-16(7-3-1)22-20-18-9-5-4-8-17(18)19(23-24-20)14-15-10-12-21-13-11-15/h4-5,8-13,16H,1-3,6-7,14H2,(H,22,24). The predicted octanol–water partition coefficient (Wildman–Crippen LogP) is 4.36. The molecule has 4 nitrogen and oxygen atoms in total. The van der Waals surface area contributed by atoms with Crippen LogP contribution in [0.25, 0.3) is 10.8 Å². The third-order valence-corrected chi connectivity index (χ3v) is 4.83. The van der Waals surface area contributed by atoms with Crippen molar-refractivity contribution in [1.29, 1.82) is 0 Å². The van der Waals surface area contributed by atoms with Crippen LogP contribution in [0.1, 0.15) is 43.4 Å². The summed E-state index contributed by atoms with van der Waals surface area (Å²) in [5.74, 6) is 0.927. The molecule has 3 aromatic rings. The molecule has 0 saturated heterocycles. The van der Waals surface area contributed by atoms with Gasteiger partial charge in [0, 0.05) is 35.6 Å². The van der Waals surface area contributed by atoms with Gasteiger partial charge >= 0.3 is 0 Å². The molecule has 1 aromatic carbocycles. The average molecular weight is 318 g/mol. The first-order valence-electron chi connectivity index (χ1n) is 8.80. The molecule has 2 heterocycles. The normalized spacial score (nSPS) is 15.5. The van der Waals surface area contributed by atoms with Gasteiger partial charge in [-0.1, -0.05) is 43.5 Å². The first kappa shape index (κ1) is 15.1. The largest absolute Gasteiger partial charge is 0.365 e. The van der Waals surface area contributed by atoms with Gasteiger partial charge in [0.2, 0.25) is 0 Å². The number of nitrogens with one attached hydrogen (secondary N) is 1. The van der Waals surface area contributed by atoms with Crippen molar-refractivity contribution in [3.63, 3.8) is 0 Å². The van der Waals surface area contributed by atoms with E-state index in [1.54, 1.807) is 0 Å². The number of aromatic nitrogens is 3. The molecule has 0 amide bonds. The molecule has 1 fully saturated rings. The lowest BCUT2D eigenvalue weighted by Crippen LogP contribution is -2.23. The van der Waals surface area contributed by atoms with Gasteiger partial charge in [-0.25, -0.2) is 0 Å². The Kier molecular flexibility index (Phi) is 4.36. The van der Waals surface area contributed by atoms with Gasteiger partial charge in [-0.2, -0.15) is 5.10 Å². The van der Waals surface area contributed by atoms with E-state index < -0.39 is 0 Å². The summed E-state index contributed by atoms with van der Waals surface area (Å²) in [6, 6.07) is 13.0. The molecule has 1 aliphatic carbocycles. The Labute approximate surface area is 142 Å². The van der Waals surface area contributed by atoms with Crippen molar-refractivity contribution in [2.45, 2.75) is 44.6 Å². The van der Waals surface area contributed by atoms with Crippen molar-refractivity contribution < 1.29 is 0 Å². The van der Waals surface area contributed by atoms with Gasteiger partial charge in [-0.15, -0.1) is 5.10 Å². The minimum Gasteiger partial charge on any atom is -0.365 e. The fourth-order valence-electron chi connectivity index (χ4n) is 3.53. The Morgan fingerprint density at radius 2 is 1.62 bits per heavy atom. The number of hydrogen-bond acceptors (Lipinski definition) is 4. The molecule has 2 aromatic heterocycles. The van der Waals surface area contributed by atoms with Gasteiger partial charge in [-0.3, -0.25) is 4.98 Å². The average Bonchev–Trinajstić information content (AvgIpc) is 2.65. The van der Waals surface area contributed by atoms with Gasteiger partial charge in [-0.05, 0) is 30.5 Å². The van der Waals surface area contributed by atoms with Crippen molar-refractivity contribution in [2.24, 2.45) is 0 Å². The van der Waals surface area contributed by atoms with Crippen molar-refractivity contribution in [2.75, 3.05) is 5.32 Å². The van der Waals surface area contributed by atoms with Crippen LogP contribution in [0.4, 0.5) is 5.82 Å². The number of pyridine rings is 1. The van der Waals surface area contributed by atoms with Crippen LogP contribution in [0, 0.1) is 0 Å². The topological polar surface area (TPSA) is 50.7 Å². The summed E-state index contributed by atoms with van der Waals surface area (Å²) in [5.41, 5.74) is 2.23. The third-order valence-electron chi connectivity index (χ3n) is 4.83. The van der Waals surface area contributed by atoms with E-state index in [-0.39, 0.29) is 0 Å². The summed E-state index contributed by atoms with van der Waals surface area (Å²) in [6.07, 6.45) is 10.9. The van der Waals surface area contributed by atoms with Crippen molar-refractivity contribution in [3.8, 4) is 0 Å². The maximum atomic E-state index is 4.53. The van der Waals surface area contributed by atoms with E-state index in [1.165, 1.54) is 48.4 Å². The van der Waals surface area contributed by atoms with Gasteiger partial charge < -0.3 is 5.32 Å². The second-order valence-corrected chi connectivity index (χ2v) is 6.55. The summed E-state index contributed by atoms with van der Waals surface area (Å²) in [5, 5.41) is 15.0. The summed E-state index contributed by atoms with van der Waals surface area (Å²) in [6.45, 7) is 0. The fraction of sp³-hybridized carbons (Fsp3) is 0.350. The maximum absolute atomic E-state index is 4.53. The lowest BCUT2D eigenvalue weighted by Gasteiger charge is -2.23. The van der Waals surface area contributed by atoms with Crippen LogP contribution < -0.4 is 5.32 Å². The van der Waals surface area contributed by atoms with Crippen molar-refractivity contribution in [3.05, 3.63) is 60.0 Å². The number of benzene rings is 1. The van der Waals surface area contributed by atoms with Crippen molar-refractivity contribution >= 4 is 16.6 Å². The maximum Gasteiger partial charge on any atom is 0.156 e. The number of anilines is 1. The Morgan fingerprint density at radius 1 is 0.875 bits per heavy atom. The van der Waals surface area contributed by atoms with Gasteiger partial charge in [0.25, 0.3) is 0 Å².